The number of halogens is 3. The third-order valence-corrected chi connectivity index (χ3v) is 7.08. The Labute approximate surface area is 226 Å². The number of primary amides is 1. The van der Waals surface area contributed by atoms with Crippen LogP contribution >= 0.6 is 11.8 Å². The first kappa shape index (κ1) is 27.9. The molecule has 0 saturated heterocycles. The lowest BCUT2D eigenvalue weighted by Crippen LogP contribution is -2.37. The molecule has 0 saturated carbocycles. The lowest BCUT2D eigenvalue weighted by molar-refractivity contribution is -0.137. The molecule has 2 unspecified atom stereocenters. The Morgan fingerprint density at radius 1 is 1.13 bits per heavy atom. The van der Waals surface area contributed by atoms with Gasteiger partial charge >= 0.3 is 6.18 Å². The first-order chi connectivity index (χ1) is 18.5. The Morgan fingerprint density at radius 2 is 1.85 bits per heavy atom. The standard InChI is InChI=1S/C28H25F3N4O3S/c1-16-13-22(24-21(25(32)36)7-4-12-33-24)23(26(37)34-15-17-8-10-20(39-2)11-9-17)27(38)35(16)19-6-3-5-18(14-19)28(29,30)31/h3-14,21,24H,15H2,1-2H3,(H2,32,36)(H,34,37). The smallest absolute Gasteiger partial charge is 0.369 e. The van der Waals surface area contributed by atoms with Crippen molar-refractivity contribution >= 4 is 29.8 Å². The molecule has 0 bridgehead atoms. The normalized spacial score (nSPS) is 16.7. The van der Waals surface area contributed by atoms with Gasteiger partial charge in [-0.1, -0.05) is 24.3 Å². The third kappa shape index (κ3) is 5.98. The van der Waals surface area contributed by atoms with Crippen LogP contribution in [0, 0.1) is 12.8 Å². The fourth-order valence-electron chi connectivity index (χ4n) is 4.41. The summed E-state index contributed by atoms with van der Waals surface area (Å²) in [6.07, 6.45) is 1.82. The number of nitrogens with two attached hydrogens (primary N) is 1. The van der Waals surface area contributed by atoms with E-state index in [4.69, 9.17) is 5.73 Å². The summed E-state index contributed by atoms with van der Waals surface area (Å²) in [5.74, 6) is -2.38. The van der Waals surface area contributed by atoms with Crippen molar-refractivity contribution in [3.63, 3.8) is 0 Å². The summed E-state index contributed by atoms with van der Waals surface area (Å²) < 4.78 is 41.3. The molecule has 1 aliphatic rings. The number of nitrogens with zero attached hydrogens (tertiary/aromatic N) is 2. The van der Waals surface area contributed by atoms with Gasteiger partial charge in [0.05, 0.1) is 17.5 Å². The third-order valence-electron chi connectivity index (χ3n) is 6.33. The molecular formula is C28H25F3N4O3S. The molecule has 7 nitrogen and oxygen atoms in total. The molecule has 39 heavy (non-hydrogen) atoms. The number of rotatable bonds is 7. The first-order valence-electron chi connectivity index (χ1n) is 11.9. The summed E-state index contributed by atoms with van der Waals surface area (Å²) in [6, 6.07) is 12.3. The van der Waals surface area contributed by atoms with Crippen LogP contribution < -0.4 is 16.6 Å². The molecule has 202 valence electrons. The molecule has 0 aliphatic carbocycles. The molecule has 2 atom stereocenters. The number of alkyl halides is 3. The van der Waals surface area contributed by atoms with E-state index in [0.717, 1.165) is 27.2 Å². The van der Waals surface area contributed by atoms with Crippen molar-refractivity contribution in [2.75, 3.05) is 6.26 Å². The van der Waals surface area contributed by atoms with Crippen molar-refractivity contribution < 1.29 is 22.8 Å². The molecule has 11 heteroatoms. The average Bonchev–Trinajstić information content (AvgIpc) is 2.91. The Morgan fingerprint density at radius 3 is 2.49 bits per heavy atom. The quantitative estimate of drug-likeness (QED) is 0.417. The van der Waals surface area contributed by atoms with Crippen molar-refractivity contribution in [3.05, 3.63) is 105 Å². The molecule has 1 aliphatic heterocycles. The molecule has 2 aromatic carbocycles. The zero-order valence-electron chi connectivity index (χ0n) is 21.0. The van der Waals surface area contributed by atoms with Crippen molar-refractivity contribution in [3.8, 4) is 5.69 Å². The second kappa shape index (κ2) is 11.3. The Bertz CT molecular complexity index is 1530. The summed E-state index contributed by atoms with van der Waals surface area (Å²) in [7, 11) is 0. The minimum atomic E-state index is -4.63. The van der Waals surface area contributed by atoms with Gasteiger partial charge in [-0.2, -0.15) is 13.2 Å². The maximum atomic E-state index is 13.9. The number of thioether (sulfide) groups is 1. The van der Waals surface area contributed by atoms with Crippen LogP contribution in [0.25, 0.3) is 5.69 Å². The second-order valence-electron chi connectivity index (χ2n) is 8.89. The molecule has 3 N–H and O–H groups in total. The number of carbonyl (C=O) groups excluding carboxylic acids is 2. The zero-order valence-corrected chi connectivity index (χ0v) is 21.8. The van der Waals surface area contributed by atoms with Gasteiger partial charge in [0.1, 0.15) is 5.56 Å². The van der Waals surface area contributed by atoms with Gasteiger partial charge < -0.3 is 11.1 Å². The van der Waals surface area contributed by atoms with Gasteiger partial charge in [0, 0.05) is 29.0 Å². The summed E-state index contributed by atoms with van der Waals surface area (Å²) in [5.41, 5.74) is 4.60. The van der Waals surface area contributed by atoms with Crippen LogP contribution in [0.5, 0.6) is 0 Å². The van der Waals surface area contributed by atoms with Crippen LogP contribution in [0.3, 0.4) is 0 Å². The topological polar surface area (TPSA) is 107 Å². The van der Waals surface area contributed by atoms with E-state index in [9.17, 15) is 27.6 Å². The molecule has 0 spiro atoms. The van der Waals surface area contributed by atoms with Crippen molar-refractivity contribution in [1.82, 2.24) is 9.88 Å². The van der Waals surface area contributed by atoms with E-state index in [-0.39, 0.29) is 29.1 Å². The second-order valence-corrected chi connectivity index (χ2v) is 9.77. The minimum absolute atomic E-state index is 0.0564. The summed E-state index contributed by atoms with van der Waals surface area (Å²) in [5, 5.41) is 2.73. The molecule has 0 fully saturated rings. The number of aromatic nitrogens is 1. The van der Waals surface area contributed by atoms with Gasteiger partial charge in [-0.05, 0) is 66.8 Å². The minimum Gasteiger partial charge on any atom is -0.369 e. The van der Waals surface area contributed by atoms with Crippen LogP contribution in [0.15, 0.2) is 81.4 Å². The van der Waals surface area contributed by atoms with E-state index < -0.39 is 41.1 Å². The fourth-order valence-corrected chi connectivity index (χ4v) is 4.82. The van der Waals surface area contributed by atoms with Crippen molar-refractivity contribution in [2.24, 2.45) is 16.6 Å². The molecule has 1 aromatic heterocycles. The van der Waals surface area contributed by atoms with E-state index in [0.29, 0.717) is 0 Å². The van der Waals surface area contributed by atoms with Crippen molar-refractivity contribution in [2.45, 2.75) is 30.6 Å². The predicted molar refractivity (Wildman–Crippen MR) is 144 cm³/mol. The maximum absolute atomic E-state index is 13.9. The Balaban J connectivity index is 1.84. The number of nitrogens with one attached hydrogen (secondary N) is 1. The molecule has 2 heterocycles. The molecule has 0 radical (unpaired) electrons. The molecule has 4 rings (SSSR count). The van der Waals surface area contributed by atoms with Crippen LogP contribution in [-0.2, 0) is 17.5 Å². The van der Waals surface area contributed by atoms with Crippen LogP contribution in [0.1, 0.15) is 38.8 Å². The molecule has 3 aromatic rings. The Kier molecular flexibility index (Phi) is 8.10. The van der Waals surface area contributed by atoms with Crippen LogP contribution in [-0.4, -0.2) is 28.9 Å². The number of carbonyl (C=O) groups is 2. The maximum Gasteiger partial charge on any atom is 0.416 e. The summed E-state index contributed by atoms with van der Waals surface area (Å²) in [6.45, 7) is 1.62. The molecule has 2 amide bonds. The SMILES string of the molecule is CSc1ccc(CNC(=O)c2c(C3N=CC=CC3C(N)=O)cc(C)n(-c3cccc(C(F)(F)F)c3)c2=O)cc1. The van der Waals surface area contributed by atoms with Gasteiger partial charge in [0.2, 0.25) is 5.91 Å². The number of pyridine rings is 1. The van der Waals surface area contributed by atoms with Crippen molar-refractivity contribution in [1.29, 1.82) is 0 Å². The van der Waals surface area contributed by atoms with E-state index >= 15 is 0 Å². The zero-order chi connectivity index (χ0) is 28.3. The van der Waals surface area contributed by atoms with E-state index in [1.807, 2.05) is 30.5 Å². The number of aliphatic imine (C=N–C) groups is 1. The highest BCUT2D eigenvalue weighted by molar-refractivity contribution is 7.98. The van der Waals surface area contributed by atoms with E-state index in [2.05, 4.69) is 10.3 Å². The number of benzene rings is 2. The van der Waals surface area contributed by atoms with Gasteiger partial charge in [-0.3, -0.25) is 23.9 Å². The van der Waals surface area contributed by atoms with Gasteiger partial charge in [-0.25, -0.2) is 0 Å². The number of hydrogen-bond acceptors (Lipinski definition) is 5. The summed E-state index contributed by atoms with van der Waals surface area (Å²) in [4.78, 5) is 44.9. The highest BCUT2D eigenvalue weighted by Crippen LogP contribution is 2.33. The lowest BCUT2D eigenvalue weighted by atomic mass is 9.88. The number of aryl methyl sites for hydroxylation is 1. The average molecular weight is 555 g/mol. The number of allylic oxidation sites excluding steroid dienone is 1. The van der Waals surface area contributed by atoms with Crippen LogP contribution in [0.4, 0.5) is 13.2 Å². The van der Waals surface area contributed by atoms with Gasteiger partial charge in [0.15, 0.2) is 0 Å². The first-order valence-corrected chi connectivity index (χ1v) is 13.1. The largest absolute Gasteiger partial charge is 0.416 e. The van der Waals surface area contributed by atoms with E-state index in [1.54, 1.807) is 17.8 Å². The highest BCUT2D eigenvalue weighted by Gasteiger charge is 2.34. The Hall–Kier alpha value is -4.12. The van der Waals surface area contributed by atoms with E-state index in [1.165, 1.54) is 37.4 Å². The molecular weight excluding hydrogens is 529 g/mol. The number of dihydropyridines is 1. The number of amides is 2. The monoisotopic (exact) mass is 554 g/mol. The van der Waals surface area contributed by atoms with Gasteiger partial charge in [-0.15, -0.1) is 11.8 Å². The highest BCUT2D eigenvalue weighted by atomic mass is 32.2. The van der Waals surface area contributed by atoms with Gasteiger partial charge in [0.25, 0.3) is 11.5 Å². The van der Waals surface area contributed by atoms with Crippen LogP contribution in [0.2, 0.25) is 0 Å². The number of hydrogen-bond donors (Lipinski definition) is 2. The predicted octanol–water partition coefficient (Wildman–Crippen LogP) is 4.60. The summed E-state index contributed by atoms with van der Waals surface area (Å²) >= 11 is 1.57. The lowest BCUT2D eigenvalue weighted by Gasteiger charge is -2.25. The fraction of sp³-hybridized carbons (Fsp3) is 0.214.